The predicted molar refractivity (Wildman–Crippen MR) is 89.3 cm³/mol. The van der Waals surface area contributed by atoms with Gasteiger partial charge in [-0.3, -0.25) is 4.18 Å². The maximum atomic E-state index is 11.4. The number of hydrogen-bond acceptors (Lipinski definition) is 4. The summed E-state index contributed by atoms with van der Waals surface area (Å²) in [4.78, 5) is 0. The van der Waals surface area contributed by atoms with Crippen LogP contribution in [0.4, 0.5) is 0 Å². The van der Waals surface area contributed by atoms with Gasteiger partial charge in [0, 0.05) is 6.42 Å². The zero-order valence-electron chi connectivity index (χ0n) is 13.1. The highest BCUT2D eigenvalue weighted by Gasteiger charge is 2.37. The molecule has 2 rings (SSSR count). The fourth-order valence-electron chi connectivity index (χ4n) is 2.79. The average Bonchev–Trinajstić information content (AvgIpc) is 2.52. The van der Waals surface area contributed by atoms with Gasteiger partial charge in [-0.1, -0.05) is 60.7 Å². The van der Waals surface area contributed by atoms with Gasteiger partial charge in [0.2, 0.25) is 0 Å². The van der Waals surface area contributed by atoms with Gasteiger partial charge in [-0.05, 0) is 18.1 Å². The van der Waals surface area contributed by atoms with Gasteiger partial charge in [-0.2, -0.15) is 13.7 Å². The lowest BCUT2D eigenvalue weighted by Gasteiger charge is -2.30. The van der Waals surface area contributed by atoms with Crippen LogP contribution in [0.3, 0.4) is 0 Å². The zero-order chi connectivity index (χ0) is 16.9. The van der Waals surface area contributed by atoms with Gasteiger partial charge < -0.3 is 0 Å². The van der Waals surface area contributed by atoms with Crippen LogP contribution in [-0.4, -0.2) is 20.8 Å². The van der Waals surface area contributed by atoms with E-state index in [1.807, 2.05) is 60.7 Å². The monoisotopic (exact) mass is 329 g/mol. The Balaban J connectivity index is 2.50. The molecule has 5 heteroatoms. The number of nitrogens with zero attached hydrogens (tertiary/aromatic N) is 1. The van der Waals surface area contributed by atoms with E-state index in [4.69, 9.17) is 4.18 Å². The maximum Gasteiger partial charge on any atom is 0.264 e. The van der Waals surface area contributed by atoms with Gasteiger partial charge in [0.15, 0.2) is 0 Å². The molecule has 2 aromatic carbocycles. The van der Waals surface area contributed by atoms with Gasteiger partial charge in [0.25, 0.3) is 10.1 Å². The molecule has 0 aliphatic heterocycles. The van der Waals surface area contributed by atoms with Crippen LogP contribution in [-0.2, 0) is 19.7 Å². The third-order valence-corrected chi connectivity index (χ3v) is 4.33. The van der Waals surface area contributed by atoms with Crippen molar-refractivity contribution < 1.29 is 12.6 Å². The highest BCUT2D eigenvalue weighted by molar-refractivity contribution is 7.86. The van der Waals surface area contributed by atoms with Gasteiger partial charge in [-0.15, -0.1) is 0 Å². The lowest BCUT2D eigenvalue weighted by molar-refractivity contribution is 0.203. The van der Waals surface area contributed by atoms with Crippen LogP contribution in [0.5, 0.6) is 0 Å². The third-order valence-electron chi connectivity index (χ3n) is 3.66. The molecule has 0 fully saturated rings. The zero-order valence-corrected chi connectivity index (χ0v) is 14.0. The minimum absolute atomic E-state index is 0.241. The highest BCUT2D eigenvalue weighted by Crippen LogP contribution is 2.37. The summed E-state index contributed by atoms with van der Waals surface area (Å²) in [5.74, 6) is 0. The molecular formula is C18H19NO3S. The quantitative estimate of drug-likeness (QED) is 0.763. The number of rotatable bonds is 6. The predicted octanol–water partition coefficient (Wildman–Crippen LogP) is 3.25. The summed E-state index contributed by atoms with van der Waals surface area (Å²) in [5.41, 5.74) is 0.669. The smallest absolute Gasteiger partial charge is 0.264 e. The third kappa shape index (κ3) is 4.19. The molecule has 0 amide bonds. The molecule has 2 aromatic rings. The molecule has 0 saturated heterocycles. The summed E-state index contributed by atoms with van der Waals surface area (Å²) < 4.78 is 27.8. The summed E-state index contributed by atoms with van der Waals surface area (Å²) in [6.07, 6.45) is 0.637. The maximum absolute atomic E-state index is 11.4. The molecule has 0 radical (unpaired) electrons. The van der Waals surface area contributed by atoms with E-state index >= 15 is 0 Å². The van der Waals surface area contributed by atoms with Crippen molar-refractivity contribution in [1.82, 2.24) is 0 Å². The lowest BCUT2D eigenvalue weighted by Crippen LogP contribution is -2.32. The van der Waals surface area contributed by atoms with Crippen molar-refractivity contribution in [2.45, 2.75) is 24.9 Å². The summed E-state index contributed by atoms with van der Waals surface area (Å²) >= 11 is 0. The van der Waals surface area contributed by atoms with Crippen LogP contribution < -0.4 is 0 Å². The van der Waals surface area contributed by atoms with Gasteiger partial charge >= 0.3 is 0 Å². The van der Waals surface area contributed by atoms with E-state index in [1.165, 1.54) is 0 Å². The van der Waals surface area contributed by atoms with E-state index in [9.17, 15) is 13.7 Å². The fraction of sp³-hybridized carbons (Fsp3) is 0.278. The summed E-state index contributed by atoms with van der Waals surface area (Å²) in [6, 6.07) is 21.1. The molecule has 0 aliphatic rings. The van der Waals surface area contributed by atoms with E-state index in [1.54, 1.807) is 6.92 Å². The topological polar surface area (TPSA) is 67.2 Å². The summed E-state index contributed by atoms with van der Waals surface area (Å²) in [5, 5.41) is 9.98. The second-order valence-electron chi connectivity index (χ2n) is 5.56. The Morgan fingerprint density at radius 3 is 1.83 bits per heavy atom. The fourth-order valence-corrected chi connectivity index (χ4v) is 3.45. The SMILES string of the molecule is CC(CC(C#N)(c1ccccc1)c1ccccc1)OS(C)(=O)=O. The first-order chi connectivity index (χ1) is 10.9. The van der Waals surface area contributed by atoms with E-state index < -0.39 is 21.6 Å². The van der Waals surface area contributed by atoms with Crippen molar-refractivity contribution in [2.75, 3.05) is 6.26 Å². The Bertz CT molecular complexity index is 741. The highest BCUT2D eigenvalue weighted by atomic mass is 32.2. The van der Waals surface area contributed by atoms with Crippen LogP contribution >= 0.6 is 0 Å². The Hall–Kier alpha value is -2.16. The largest absolute Gasteiger partial charge is 0.267 e. The molecule has 0 bridgehead atoms. The van der Waals surface area contributed by atoms with E-state index in [0.717, 1.165) is 17.4 Å². The molecule has 1 unspecified atom stereocenters. The number of hydrogen-bond donors (Lipinski definition) is 0. The van der Waals surface area contributed by atoms with Gasteiger partial charge in [0.05, 0.1) is 18.4 Å². The normalized spacial score (nSPS) is 13.3. The Morgan fingerprint density at radius 2 is 1.48 bits per heavy atom. The van der Waals surface area contributed by atoms with Crippen molar-refractivity contribution in [2.24, 2.45) is 0 Å². The van der Waals surface area contributed by atoms with Crippen LogP contribution in [0.15, 0.2) is 60.7 Å². The van der Waals surface area contributed by atoms with Crippen molar-refractivity contribution in [3.05, 3.63) is 71.8 Å². The van der Waals surface area contributed by atoms with E-state index in [2.05, 4.69) is 6.07 Å². The van der Waals surface area contributed by atoms with Crippen molar-refractivity contribution in [3.8, 4) is 6.07 Å². The lowest BCUT2D eigenvalue weighted by atomic mass is 9.72. The molecule has 0 N–H and O–H groups in total. The first-order valence-electron chi connectivity index (χ1n) is 7.28. The first kappa shape index (κ1) is 17.2. The molecular weight excluding hydrogens is 310 g/mol. The van der Waals surface area contributed by atoms with Crippen molar-refractivity contribution in [1.29, 1.82) is 5.26 Å². The Morgan fingerprint density at radius 1 is 1.04 bits per heavy atom. The van der Waals surface area contributed by atoms with Crippen LogP contribution in [0.25, 0.3) is 0 Å². The minimum atomic E-state index is -3.58. The van der Waals surface area contributed by atoms with E-state index in [0.29, 0.717) is 0 Å². The van der Waals surface area contributed by atoms with E-state index in [-0.39, 0.29) is 6.42 Å². The summed E-state index contributed by atoms with van der Waals surface area (Å²) in [7, 11) is -3.58. The first-order valence-corrected chi connectivity index (χ1v) is 9.09. The molecule has 0 aromatic heterocycles. The summed E-state index contributed by atoms with van der Waals surface area (Å²) in [6.45, 7) is 1.67. The van der Waals surface area contributed by atoms with Crippen molar-refractivity contribution in [3.63, 3.8) is 0 Å². The van der Waals surface area contributed by atoms with Crippen LogP contribution in [0.1, 0.15) is 24.5 Å². The average molecular weight is 329 g/mol. The van der Waals surface area contributed by atoms with Gasteiger partial charge in [-0.25, -0.2) is 0 Å². The van der Waals surface area contributed by atoms with Crippen LogP contribution in [0, 0.1) is 11.3 Å². The molecule has 0 aliphatic carbocycles. The Labute approximate surface area is 137 Å². The molecule has 0 spiro atoms. The minimum Gasteiger partial charge on any atom is -0.267 e. The second-order valence-corrected chi connectivity index (χ2v) is 7.16. The molecule has 1 atom stereocenters. The van der Waals surface area contributed by atoms with Crippen molar-refractivity contribution >= 4 is 10.1 Å². The molecule has 120 valence electrons. The van der Waals surface area contributed by atoms with Crippen LogP contribution in [0.2, 0.25) is 0 Å². The molecule has 0 heterocycles. The van der Waals surface area contributed by atoms with Gasteiger partial charge in [0.1, 0.15) is 5.41 Å². The molecule has 4 nitrogen and oxygen atoms in total. The number of nitriles is 1. The molecule has 23 heavy (non-hydrogen) atoms. The number of benzene rings is 2. The molecule has 0 saturated carbocycles. The standard InChI is InChI=1S/C18H19NO3S/c1-15(22-23(2,20)21)13-18(14-19,16-9-5-3-6-10-16)17-11-7-4-8-12-17/h3-12,15H,13H2,1-2H3. The second kappa shape index (κ2) is 6.95. The Kier molecular flexibility index (Phi) is 5.19.